The number of aliphatic hydroxyl groups excluding tert-OH is 1. The number of aromatic nitrogens is 2. The van der Waals surface area contributed by atoms with Crippen LogP contribution in [-0.2, 0) is 13.0 Å². The van der Waals surface area contributed by atoms with E-state index >= 15 is 0 Å². The first-order chi connectivity index (χ1) is 16.6. The van der Waals surface area contributed by atoms with Gasteiger partial charge < -0.3 is 31.3 Å². The standard InChI is InChI=1S/C24H34N8O2/c33-20(16-31-8-5-17-3-1-2-4-18(17)15-31)14-27-23(34)21-11-22(28-19-12-26-13-19)30-24(29-21)32-9-6-25-7-10-32/h1-4,11,19-20,25-26,33H,5-10,12-16H2,(H,27,34)(H,28,29,30)/t20-/m0/s1. The Balaban J connectivity index is 1.19. The Labute approximate surface area is 200 Å². The van der Waals surface area contributed by atoms with Crippen molar-refractivity contribution in [3.05, 3.63) is 47.2 Å². The van der Waals surface area contributed by atoms with E-state index in [1.807, 2.05) is 0 Å². The molecule has 3 aliphatic heterocycles. The van der Waals surface area contributed by atoms with Gasteiger partial charge in [-0.05, 0) is 17.5 Å². The van der Waals surface area contributed by atoms with Gasteiger partial charge in [0.15, 0.2) is 0 Å². The SMILES string of the molecule is O=C(NC[C@H](O)CN1CCc2ccccc2C1)c1cc(NC2CNC2)nc(N2CCNCC2)n1. The minimum Gasteiger partial charge on any atom is -0.390 e. The number of aliphatic hydroxyl groups is 1. The molecule has 1 atom stereocenters. The van der Waals surface area contributed by atoms with Gasteiger partial charge in [0.05, 0.1) is 12.1 Å². The molecule has 34 heavy (non-hydrogen) atoms. The Hall–Kier alpha value is -2.79. The van der Waals surface area contributed by atoms with Crippen molar-refractivity contribution in [1.82, 2.24) is 30.8 Å². The molecule has 0 aliphatic carbocycles. The Morgan fingerprint density at radius 2 is 1.91 bits per heavy atom. The molecule has 0 spiro atoms. The number of amides is 1. The lowest BCUT2D eigenvalue weighted by Crippen LogP contribution is -2.51. The summed E-state index contributed by atoms with van der Waals surface area (Å²) in [5, 5.41) is 23.4. The zero-order chi connectivity index (χ0) is 23.3. The number of fused-ring (bicyclic) bond motifs is 1. The maximum atomic E-state index is 13.0. The fourth-order valence-corrected chi connectivity index (χ4v) is 4.60. The molecule has 182 valence electrons. The number of carbonyl (C=O) groups excluding carboxylic acids is 1. The van der Waals surface area contributed by atoms with Crippen molar-refractivity contribution >= 4 is 17.7 Å². The average Bonchev–Trinajstić information content (AvgIpc) is 2.85. The maximum Gasteiger partial charge on any atom is 0.270 e. The van der Waals surface area contributed by atoms with Gasteiger partial charge >= 0.3 is 0 Å². The number of benzene rings is 1. The molecule has 10 heteroatoms. The van der Waals surface area contributed by atoms with Gasteiger partial charge in [-0.25, -0.2) is 4.98 Å². The van der Waals surface area contributed by atoms with Crippen molar-refractivity contribution in [3.8, 4) is 0 Å². The molecule has 0 saturated carbocycles. The smallest absolute Gasteiger partial charge is 0.270 e. The summed E-state index contributed by atoms with van der Waals surface area (Å²) in [4.78, 5) is 26.5. The van der Waals surface area contributed by atoms with E-state index in [1.54, 1.807) is 6.07 Å². The van der Waals surface area contributed by atoms with E-state index in [-0.39, 0.29) is 12.5 Å². The predicted molar refractivity (Wildman–Crippen MR) is 131 cm³/mol. The van der Waals surface area contributed by atoms with Crippen LogP contribution in [-0.4, -0.2) is 96.9 Å². The summed E-state index contributed by atoms with van der Waals surface area (Å²) in [7, 11) is 0. The van der Waals surface area contributed by atoms with Crippen LogP contribution in [0.2, 0.25) is 0 Å². The Bertz CT molecular complexity index is 993. The molecule has 1 aromatic heterocycles. The highest BCUT2D eigenvalue weighted by Gasteiger charge is 2.23. The van der Waals surface area contributed by atoms with Crippen LogP contribution in [0.5, 0.6) is 0 Å². The van der Waals surface area contributed by atoms with Gasteiger partial charge in [-0.1, -0.05) is 24.3 Å². The highest BCUT2D eigenvalue weighted by molar-refractivity contribution is 5.93. The van der Waals surface area contributed by atoms with Crippen molar-refractivity contribution < 1.29 is 9.90 Å². The summed E-state index contributed by atoms with van der Waals surface area (Å²) >= 11 is 0. The quantitative estimate of drug-likeness (QED) is 0.348. The number of piperazine rings is 1. The first-order valence-corrected chi connectivity index (χ1v) is 12.2. The monoisotopic (exact) mass is 466 g/mol. The topological polar surface area (TPSA) is 118 Å². The molecular weight excluding hydrogens is 432 g/mol. The molecule has 2 saturated heterocycles. The molecule has 0 bridgehead atoms. The fraction of sp³-hybridized carbons (Fsp3) is 0.542. The predicted octanol–water partition coefficient (Wildman–Crippen LogP) is -0.581. The van der Waals surface area contributed by atoms with E-state index in [2.05, 4.69) is 65.3 Å². The van der Waals surface area contributed by atoms with Crippen molar-refractivity contribution in [3.63, 3.8) is 0 Å². The van der Waals surface area contributed by atoms with Gasteiger partial charge in [-0.15, -0.1) is 0 Å². The van der Waals surface area contributed by atoms with Gasteiger partial charge in [0.1, 0.15) is 11.5 Å². The lowest BCUT2D eigenvalue weighted by Gasteiger charge is -2.31. The molecule has 0 radical (unpaired) electrons. The van der Waals surface area contributed by atoms with Crippen LogP contribution in [0.25, 0.3) is 0 Å². The molecular formula is C24H34N8O2. The van der Waals surface area contributed by atoms with Gasteiger partial charge in [0, 0.05) is 71.5 Å². The summed E-state index contributed by atoms with van der Waals surface area (Å²) in [5.74, 6) is 0.931. The summed E-state index contributed by atoms with van der Waals surface area (Å²) < 4.78 is 0. The van der Waals surface area contributed by atoms with Crippen molar-refractivity contribution in [2.75, 3.05) is 69.1 Å². The summed E-state index contributed by atoms with van der Waals surface area (Å²) in [6.45, 7) is 7.51. The third-order valence-electron chi connectivity index (χ3n) is 6.66. The molecule has 1 amide bonds. The van der Waals surface area contributed by atoms with Crippen molar-refractivity contribution in [1.29, 1.82) is 0 Å². The van der Waals surface area contributed by atoms with Crippen LogP contribution in [0.1, 0.15) is 21.6 Å². The molecule has 0 unspecified atom stereocenters. The second kappa shape index (κ2) is 10.6. The third kappa shape index (κ3) is 5.64. The third-order valence-corrected chi connectivity index (χ3v) is 6.66. The second-order valence-electron chi connectivity index (χ2n) is 9.29. The number of nitrogens with one attached hydrogen (secondary N) is 4. The number of carbonyl (C=O) groups is 1. The van der Waals surface area contributed by atoms with Gasteiger partial charge in [0.25, 0.3) is 5.91 Å². The highest BCUT2D eigenvalue weighted by atomic mass is 16.3. The van der Waals surface area contributed by atoms with Gasteiger partial charge in [-0.3, -0.25) is 9.69 Å². The lowest BCUT2D eigenvalue weighted by molar-refractivity contribution is 0.0838. The Morgan fingerprint density at radius 3 is 2.68 bits per heavy atom. The molecule has 1 aromatic carbocycles. The lowest BCUT2D eigenvalue weighted by atomic mass is 10.00. The fourth-order valence-electron chi connectivity index (χ4n) is 4.60. The zero-order valence-corrected chi connectivity index (χ0v) is 19.5. The van der Waals surface area contributed by atoms with Gasteiger partial charge in [-0.2, -0.15) is 4.98 Å². The highest BCUT2D eigenvalue weighted by Crippen LogP contribution is 2.19. The molecule has 10 nitrogen and oxygen atoms in total. The first kappa shape index (κ1) is 23.0. The minimum atomic E-state index is -0.651. The number of β-amino-alcohol motifs (C(OH)–C–C–N with tert-alkyl or cyclic N) is 1. The van der Waals surface area contributed by atoms with E-state index in [9.17, 15) is 9.90 Å². The number of anilines is 2. The molecule has 4 heterocycles. The van der Waals surface area contributed by atoms with E-state index < -0.39 is 6.10 Å². The van der Waals surface area contributed by atoms with E-state index in [0.29, 0.717) is 30.0 Å². The largest absolute Gasteiger partial charge is 0.390 e. The van der Waals surface area contributed by atoms with Crippen LogP contribution >= 0.6 is 0 Å². The molecule has 3 aliphatic rings. The number of nitrogens with zero attached hydrogens (tertiary/aromatic N) is 4. The minimum absolute atomic E-state index is 0.180. The van der Waals surface area contributed by atoms with Crippen LogP contribution in [0, 0.1) is 0 Å². The summed E-state index contributed by atoms with van der Waals surface area (Å²) in [5.41, 5.74) is 3.01. The molecule has 2 fully saturated rings. The number of rotatable bonds is 8. The maximum absolute atomic E-state index is 13.0. The van der Waals surface area contributed by atoms with E-state index in [4.69, 9.17) is 0 Å². The Morgan fingerprint density at radius 1 is 1.12 bits per heavy atom. The zero-order valence-electron chi connectivity index (χ0n) is 19.5. The van der Waals surface area contributed by atoms with E-state index in [0.717, 1.165) is 58.8 Å². The van der Waals surface area contributed by atoms with Crippen LogP contribution in [0.15, 0.2) is 30.3 Å². The van der Waals surface area contributed by atoms with Crippen LogP contribution < -0.4 is 26.2 Å². The Kier molecular flexibility index (Phi) is 7.19. The number of hydrogen-bond acceptors (Lipinski definition) is 9. The molecule has 5 N–H and O–H groups in total. The van der Waals surface area contributed by atoms with Gasteiger partial charge in [0.2, 0.25) is 5.95 Å². The number of hydrogen-bond donors (Lipinski definition) is 5. The first-order valence-electron chi connectivity index (χ1n) is 12.2. The van der Waals surface area contributed by atoms with Crippen molar-refractivity contribution in [2.45, 2.75) is 25.1 Å². The summed E-state index contributed by atoms with van der Waals surface area (Å²) in [6, 6.07) is 10.4. The normalized spacial score (nSPS) is 19.7. The second-order valence-corrected chi connectivity index (χ2v) is 9.29. The van der Waals surface area contributed by atoms with Crippen molar-refractivity contribution in [2.24, 2.45) is 0 Å². The van der Waals surface area contributed by atoms with Crippen LogP contribution in [0.4, 0.5) is 11.8 Å². The summed E-state index contributed by atoms with van der Waals surface area (Å²) in [6.07, 6.45) is 0.333. The molecule has 5 rings (SSSR count). The average molecular weight is 467 g/mol. The van der Waals surface area contributed by atoms with E-state index in [1.165, 1.54) is 11.1 Å². The molecule has 2 aromatic rings. The van der Waals surface area contributed by atoms with Crippen LogP contribution in [0.3, 0.4) is 0 Å².